The van der Waals surface area contributed by atoms with Crippen molar-refractivity contribution in [1.29, 1.82) is 0 Å². The van der Waals surface area contributed by atoms with Gasteiger partial charge in [-0.3, -0.25) is 0 Å². The third-order valence-electron chi connectivity index (χ3n) is 3.16. The van der Waals surface area contributed by atoms with Crippen LogP contribution in [0.25, 0.3) is 11.4 Å². The van der Waals surface area contributed by atoms with Crippen molar-refractivity contribution in [2.45, 2.75) is 6.61 Å². The molecule has 23 heavy (non-hydrogen) atoms. The van der Waals surface area contributed by atoms with Gasteiger partial charge in [0.25, 0.3) is 0 Å². The molecule has 0 amide bonds. The molecule has 1 aromatic heterocycles. The minimum atomic E-state index is 0.355. The van der Waals surface area contributed by atoms with Crippen LogP contribution < -0.4 is 9.47 Å². The summed E-state index contributed by atoms with van der Waals surface area (Å²) >= 11 is 8.34. The van der Waals surface area contributed by atoms with E-state index < -0.39 is 0 Å². The van der Waals surface area contributed by atoms with Crippen molar-refractivity contribution >= 4 is 34.2 Å². The highest BCUT2D eigenvalue weighted by Crippen LogP contribution is 2.37. The molecule has 0 aliphatic heterocycles. The third kappa shape index (κ3) is 3.56. The molecule has 0 aliphatic rings. The molecule has 0 spiro atoms. The standard InChI is InChI=1S/C15H12ClIN4O2/c1-22-13-7-10(15-18-20-21-19-15)6-12(17)14(13)23-8-9-4-2-3-5-11(9)16/h2-7H,8H2,1H3,(H,18,19,20,21). The van der Waals surface area contributed by atoms with Crippen LogP contribution in [0, 0.1) is 3.57 Å². The van der Waals surface area contributed by atoms with Gasteiger partial charge in [-0.25, -0.2) is 0 Å². The van der Waals surface area contributed by atoms with Crippen molar-refractivity contribution in [2.24, 2.45) is 0 Å². The molecule has 3 rings (SSSR count). The number of nitrogens with one attached hydrogen (secondary N) is 1. The molecule has 1 N–H and O–H groups in total. The van der Waals surface area contributed by atoms with Crippen LogP contribution in [0.15, 0.2) is 36.4 Å². The number of halogens is 2. The molecule has 8 heteroatoms. The van der Waals surface area contributed by atoms with Crippen LogP contribution in [-0.4, -0.2) is 27.7 Å². The zero-order valence-corrected chi connectivity index (χ0v) is 15.0. The van der Waals surface area contributed by atoms with Crippen LogP contribution in [-0.2, 0) is 6.61 Å². The third-order valence-corrected chi connectivity index (χ3v) is 4.33. The van der Waals surface area contributed by atoms with Gasteiger partial charge in [0.1, 0.15) is 6.61 Å². The van der Waals surface area contributed by atoms with E-state index in [1.165, 1.54) is 0 Å². The quantitative estimate of drug-likeness (QED) is 0.610. The zero-order chi connectivity index (χ0) is 16.2. The van der Waals surface area contributed by atoms with E-state index in [1.54, 1.807) is 7.11 Å². The van der Waals surface area contributed by atoms with Gasteiger partial charge in [-0.2, -0.15) is 5.21 Å². The first-order valence-corrected chi connectivity index (χ1v) is 8.12. The lowest BCUT2D eigenvalue weighted by molar-refractivity contribution is 0.282. The second kappa shape index (κ2) is 7.14. The van der Waals surface area contributed by atoms with Crippen molar-refractivity contribution in [2.75, 3.05) is 7.11 Å². The van der Waals surface area contributed by atoms with Gasteiger partial charge in [0.15, 0.2) is 11.5 Å². The van der Waals surface area contributed by atoms with E-state index in [1.807, 2.05) is 36.4 Å². The molecular weight excluding hydrogens is 431 g/mol. The number of aromatic amines is 1. The number of hydrogen-bond acceptors (Lipinski definition) is 5. The summed E-state index contributed by atoms with van der Waals surface area (Å²) in [7, 11) is 1.59. The number of methoxy groups -OCH3 is 1. The van der Waals surface area contributed by atoms with E-state index in [0.29, 0.717) is 29.0 Å². The van der Waals surface area contributed by atoms with Crippen molar-refractivity contribution in [3.05, 3.63) is 50.6 Å². The second-order valence-corrected chi connectivity index (χ2v) is 6.17. The summed E-state index contributed by atoms with van der Waals surface area (Å²) in [6.45, 7) is 0.355. The summed E-state index contributed by atoms with van der Waals surface area (Å²) in [6.07, 6.45) is 0. The lowest BCUT2D eigenvalue weighted by Crippen LogP contribution is -2.01. The second-order valence-electron chi connectivity index (χ2n) is 4.60. The highest BCUT2D eigenvalue weighted by molar-refractivity contribution is 14.1. The maximum absolute atomic E-state index is 6.16. The Balaban J connectivity index is 1.89. The highest BCUT2D eigenvalue weighted by Gasteiger charge is 2.15. The number of tetrazole rings is 1. The van der Waals surface area contributed by atoms with Gasteiger partial charge in [0.2, 0.25) is 5.82 Å². The summed E-state index contributed by atoms with van der Waals surface area (Å²) in [5.74, 6) is 1.75. The number of ether oxygens (including phenoxy) is 2. The first kappa shape index (κ1) is 16.0. The number of hydrogen-bond donors (Lipinski definition) is 1. The average molecular weight is 443 g/mol. The van der Waals surface area contributed by atoms with Crippen LogP contribution >= 0.6 is 34.2 Å². The van der Waals surface area contributed by atoms with Gasteiger partial charge in [0.05, 0.1) is 10.7 Å². The Bertz CT molecular complexity index is 811. The zero-order valence-electron chi connectivity index (χ0n) is 12.1. The van der Waals surface area contributed by atoms with Gasteiger partial charge >= 0.3 is 0 Å². The smallest absolute Gasteiger partial charge is 0.204 e. The van der Waals surface area contributed by atoms with Crippen molar-refractivity contribution in [1.82, 2.24) is 20.6 Å². The summed E-state index contributed by atoms with van der Waals surface area (Å²) < 4.78 is 12.2. The molecule has 0 radical (unpaired) electrons. The molecule has 3 aromatic rings. The topological polar surface area (TPSA) is 72.9 Å². The Morgan fingerprint density at radius 3 is 2.78 bits per heavy atom. The fourth-order valence-corrected chi connectivity index (χ4v) is 2.99. The predicted molar refractivity (Wildman–Crippen MR) is 94.7 cm³/mol. The van der Waals surface area contributed by atoms with Gasteiger partial charge in [-0.15, -0.1) is 10.2 Å². The summed E-state index contributed by atoms with van der Waals surface area (Å²) in [5, 5.41) is 14.6. The van der Waals surface area contributed by atoms with E-state index in [4.69, 9.17) is 21.1 Å². The molecule has 118 valence electrons. The normalized spacial score (nSPS) is 10.6. The van der Waals surface area contributed by atoms with Gasteiger partial charge in [0, 0.05) is 16.1 Å². The summed E-state index contributed by atoms with van der Waals surface area (Å²) in [4.78, 5) is 0. The van der Waals surface area contributed by atoms with E-state index >= 15 is 0 Å². The molecule has 0 saturated heterocycles. The number of H-pyrrole nitrogens is 1. The van der Waals surface area contributed by atoms with Crippen LogP contribution in [0.4, 0.5) is 0 Å². The minimum absolute atomic E-state index is 0.355. The Kier molecular flexibility index (Phi) is 4.97. The molecule has 0 fully saturated rings. The molecule has 6 nitrogen and oxygen atoms in total. The molecule has 0 aliphatic carbocycles. The van der Waals surface area contributed by atoms with E-state index in [0.717, 1.165) is 14.7 Å². The van der Waals surface area contributed by atoms with Crippen molar-refractivity contribution < 1.29 is 9.47 Å². The van der Waals surface area contributed by atoms with E-state index in [-0.39, 0.29) is 0 Å². The first-order chi connectivity index (χ1) is 11.2. The van der Waals surface area contributed by atoms with Crippen molar-refractivity contribution in [3.63, 3.8) is 0 Å². The number of nitrogens with zero attached hydrogens (tertiary/aromatic N) is 3. The Morgan fingerprint density at radius 1 is 1.26 bits per heavy atom. The monoisotopic (exact) mass is 442 g/mol. The van der Waals surface area contributed by atoms with Crippen LogP contribution in [0.1, 0.15) is 5.56 Å². The lowest BCUT2D eigenvalue weighted by Gasteiger charge is -2.14. The maximum atomic E-state index is 6.16. The van der Waals surface area contributed by atoms with Crippen molar-refractivity contribution in [3.8, 4) is 22.9 Å². The number of aromatic nitrogens is 4. The summed E-state index contributed by atoms with van der Waals surface area (Å²) in [6, 6.07) is 11.3. The maximum Gasteiger partial charge on any atom is 0.204 e. The predicted octanol–water partition coefficient (Wildman–Crippen LogP) is 3.71. The first-order valence-electron chi connectivity index (χ1n) is 6.66. The van der Waals surface area contributed by atoms with Crippen LogP contribution in [0.3, 0.4) is 0 Å². The molecule has 0 saturated carbocycles. The molecule has 0 unspecified atom stereocenters. The number of rotatable bonds is 5. The Hall–Kier alpha value is -1.87. The Labute approximate surface area is 151 Å². The average Bonchev–Trinajstić information content (AvgIpc) is 3.09. The molecule has 2 aromatic carbocycles. The van der Waals surface area contributed by atoms with E-state index in [9.17, 15) is 0 Å². The van der Waals surface area contributed by atoms with Crippen LogP contribution in [0.5, 0.6) is 11.5 Å². The van der Waals surface area contributed by atoms with E-state index in [2.05, 4.69) is 43.2 Å². The van der Waals surface area contributed by atoms with Gasteiger partial charge in [-0.1, -0.05) is 29.8 Å². The van der Waals surface area contributed by atoms with Gasteiger partial charge < -0.3 is 9.47 Å². The number of benzene rings is 2. The minimum Gasteiger partial charge on any atom is -0.493 e. The molecule has 0 atom stereocenters. The largest absolute Gasteiger partial charge is 0.493 e. The Morgan fingerprint density at radius 2 is 2.09 bits per heavy atom. The molecule has 0 bridgehead atoms. The molecular formula is C15H12ClIN4O2. The fourth-order valence-electron chi connectivity index (χ4n) is 2.04. The summed E-state index contributed by atoms with van der Waals surface area (Å²) in [5.41, 5.74) is 1.71. The van der Waals surface area contributed by atoms with Gasteiger partial charge in [-0.05, 0) is 46.0 Å². The fraction of sp³-hybridized carbons (Fsp3) is 0.133. The van der Waals surface area contributed by atoms with Crippen LogP contribution in [0.2, 0.25) is 5.02 Å². The molecule has 1 heterocycles. The SMILES string of the molecule is COc1cc(-c2nn[nH]n2)cc(I)c1OCc1ccccc1Cl. The lowest BCUT2D eigenvalue weighted by atomic mass is 10.2. The highest BCUT2D eigenvalue weighted by atomic mass is 127.